The number of rotatable bonds is 7. The molecule has 0 bridgehead atoms. The summed E-state index contributed by atoms with van der Waals surface area (Å²) in [6.45, 7) is 6.48. The van der Waals surface area contributed by atoms with Crippen LogP contribution in [0.2, 0.25) is 0 Å². The highest BCUT2D eigenvalue weighted by atomic mass is 16.5. The van der Waals surface area contributed by atoms with Gasteiger partial charge in [0.2, 0.25) is 5.91 Å². The molecule has 2 aromatic carbocycles. The van der Waals surface area contributed by atoms with Gasteiger partial charge in [-0.05, 0) is 42.9 Å². The molecule has 0 aliphatic carbocycles. The summed E-state index contributed by atoms with van der Waals surface area (Å²) in [6.07, 6.45) is 5.03. The second kappa shape index (κ2) is 8.60. The average Bonchev–Trinajstić information content (AvgIpc) is 2.72. The number of hydrogen-bond donors (Lipinski definition) is 1. The summed E-state index contributed by atoms with van der Waals surface area (Å²) in [6, 6.07) is 16.7. The van der Waals surface area contributed by atoms with Gasteiger partial charge in [0.05, 0.1) is 6.04 Å². The smallest absolute Gasteiger partial charge is 0.220 e. The standard InChI is InChI=1S/C24H31NO2/c1-4-18-11-13-19(14-12-18)15-16-23(26)25-21-17-24(5-2,6-3)27-22-10-8-7-9-20(21)22/h7-14,21H,4-6,15-17H2,1-3H3,(H,25,26)/t21-/m0/s1. The number of carbonyl (C=O) groups is 1. The zero-order valence-electron chi connectivity index (χ0n) is 16.8. The van der Waals surface area contributed by atoms with Crippen LogP contribution in [0, 0.1) is 0 Å². The summed E-state index contributed by atoms with van der Waals surface area (Å²) in [5, 5.41) is 3.27. The van der Waals surface area contributed by atoms with Crippen LogP contribution in [0.25, 0.3) is 0 Å². The summed E-state index contributed by atoms with van der Waals surface area (Å²) in [7, 11) is 0. The van der Waals surface area contributed by atoms with Gasteiger partial charge in [0.1, 0.15) is 11.4 Å². The fourth-order valence-corrected chi connectivity index (χ4v) is 3.90. The second-order valence-corrected chi connectivity index (χ2v) is 7.52. The molecule has 0 saturated carbocycles. The fraction of sp³-hybridized carbons (Fsp3) is 0.458. The van der Waals surface area contributed by atoms with Gasteiger partial charge in [-0.2, -0.15) is 0 Å². The SMILES string of the molecule is CCc1ccc(CCC(=O)N[C@H]2CC(CC)(CC)Oc3ccccc32)cc1. The molecular formula is C24H31NO2. The number of fused-ring (bicyclic) bond motifs is 1. The summed E-state index contributed by atoms with van der Waals surface area (Å²) in [4.78, 5) is 12.7. The monoisotopic (exact) mass is 365 g/mol. The van der Waals surface area contributed by atoms with Crippen LogP contribution in [-0.4, -0.2) is 11.5 Å². The van der Waals surface area contributed by atoms with E-state index >= 15 is 0 Å². The predicted octanol–water partition coefficient (Wildman–Crippen LogP) is 5.38. The maximum Gasteiger partial charge on any atom is 0.220 e. The highest BCUT2D eigenvalue weighted by Gasteiger charge is 2.38. The summed E-state index contributed by atoms with van der Waals surface area (Å²) in [5.41, 5.74) is 3.45. The molecule has 1 aliphatic heterocycles. The Balaban J connectivity index is 1.66. The Morgan fingerprint density at radius 1 is 1.04 bits per heavy atom. The molecular weight excluding hydrogens is 334 g/mol. The van der Waals surface area contributed by atoms with Crippen molar-refractivity contribution in [2.45, 2.75) is 70.9 Å². The molecule has 3 heteroatoms. The predicted molar refractivity (Wildman–Crippen MR) is 110 cm³/mol. The molecule has 1 N–H and O–H groups in total. The molecule has 0 radical (unpaired) electrons. The Hall–Kier alpha value is -2.29. The molecule has 3 nitrogen and oxygen atoms in total. The fourth-order valence-electron chi connectivity index (χ4n) is 3.90. The lowest BCUT2D eigenvalue weighted by Gasteiger charge is -2.41. The van der Waals surface area contributed by atoms with Crippen LogP contribution in [0.1, 0.15) is 69.2 Å². The molecule has 0 fully saturated rings. The van der Waals surface area contributed by atoms with E-state index in [1.54, 1.807) is 0 Å². The highest BCUT2D eigenvalue weighted by Crippen LogP contribution is 2.42. The average molecular weight is 366 g/mol. The highest BCUT2D eigenvalue weighted by molar-refractivity contribution is 5.77. The summed E-state index contributed by atoms with van der Waals surface area (Å²) < 4.78 is 6.33. The van der Waals surface area contributed by atoms with E-state index in [9.17, 15) is 4.79 Å². The first kappa shape index (κ1) is 19.5. The van der Waals surface area contributed by atoms with E-state index in [4.69, 9.17) is 4.74 Å². The van der Waals surface area contributed by atoms with E-state index < -0.39 is 0 Å². The van der Waals surface area contributed by atoms with Crippen molar-refractivity contribution >= 4 is 5.91 Å². The van der Waals surface area contributed by atoms with Gasteiger partial charge >= 0.3 is 0 Å². The van der Waals surface area contributed by atoms with Crippen LogP contribution in [0.15, 0.2) is 48.5 Å². The summed E-state index contributed by atoms with van der Waals surface area (Å²) >= 11 is 0. The van der Waals surface area contributed by atoms with E-state index in [0.717, 1.165) is 43.4 Å². The van der Waals surface area contributed by atoms with Crippen LogP contribution >= 0.6 is 0 Å². The van der Waals surface area contributed by atoms with Crippen molar-refractivity contribution in [3.63, 3.8) is 0 Å². The Labute approximate surface area is 163 Å². The Morgan fingerprint density at radius 3 is 2.37 bits per heavy atom. The Kier molecular flexibility index (Phi) is 6.20. The van der Waals surface area contributed by atoms with E-state index in [1.165, 1.54) is 11.1 Å². The first-order chi connectivity index (χ1) is 13.1. The first-order valence-corrected chi connectivity index (χ1v) is 10.2. The second-order valence-electron chi connectivity index (χ2n) is 7.52. The van der Waals surface area contributed by atoms with Crippen molar-refractivity contribution in [3.05, 3.63) is 65.2 Å². The number of benzene rings is 2. The number of nitrogens with one attached hydrogen (secondary N) is 1. The molecule has 0 aromatic heterocycles. The van der Waals surface area contributed by atoms with Gasteiger partial charge in [0.15, 0.2) is 0 Å². The molecule has 27 heavy (non-hydrogen) atoms. The van der Waals surface area contributed by atoms with Crippen LogP contribution < -0.4 is 10.1 Å². The number of amides is 1. The van der Waals surface area contributed by atoms with Crippen molar-refractivity contribution in [2.75, 3.05) is 0 Å². The number of para-hydroxylation sites is 1. The third-order valence-electron chi connectivity index (χ3n) is 5.89. The molecule has 0 saturated heterocycles. The topological polar surface area (TPSA) is 38.3 Å². The molecule has 1 amide bonds. The minimum absolute atomic E-state index is 0.0183. The van der Waals surface area contributed by atoms with Crippen LogP contribution in [0.5, 0.6) is 5.75 Å². The van der Waals surface area contributed by atoms with Crippen molar-refractivity contribution in [1.82, 2.24) is 5.32 Å². The van der Waals surface area contributed by atoms with Gasteiger partial charge in [-0.25, -0.2) is 0 Å². The summed E-state index contributed by atoms with van der Waals surface area (Å²) in [5.74, 6) is 1.02. The lowest BCUT2D eigenvalue weighted by molar-refractivity contribution is -0.122. The maximum atomic E-state index is 12.7. The van der Waals surface area contributed by atoms with E-state index in [-0.39, 0.29) is 17.6 Å². The molecule has 3 rings (SSSR count). The Morgan fingerprint density at radius 2 is 1.70 bits per heavy atom. The van der Waals surface area contributed by atoms with Gasteiger partial charge in [-0.1, -0.05) is 63.2 Å². The van der Waals surface area contributed by atoms with Crippen molar-refractivity contribution in [3.8, 4) is 5.75 Å². The van der Waals surface area contributed by atoms with Crippen LogP contribution in [0.4, 0.5) is 0 Å². The zero-order chi connectivity index (χ0) is 19.3. The van der Waals surface area contributed by atoms with Crippen molar-refractivity contribution in [1.29, 1.82) is 0 Å². The number of ether oxygens (including phenoxy) is 1. The normalized spacial score (nSPS) is 17.7. The molecule has 0 spiro atoms. The van der Waals surface area contributed by atoms with Gasteiger partial charge in [0.25, 0.3) is 0 Å². The number of carbonyl (C=O) groups excluding carboxylic acids is 1. The third kappa shape index (κ3) is 4.52. The number of hydrogen-bond acceptors (Lipinski definition) is 2. The quantitative estimate of drug-likeness (QED) is 0.715. The van der Waals surface area contributed by atoms with Crippen LogP contribution in [0.3, 0.4) is 0 Å². The zero-order valence-corrected chi connectivity index (χ0v) is 16.8. The van der Waals surface area contributed by atoms with E-state index in [2.05, 4.69) is 56.4 Å². The first-order valence-electron chi connectivity index (χ1n) is 10.2. The minimum atomic E-state index is -0.192. The van der Waals surface area contributed by atoms with E-state index in [0.29, 0.717) is 6.42 Å². The molecule has 144 valence electrons. The van der Waals surface area contributed by atoms with E-state index in [1.807, 2.05) is 18.2 Å². The lowest BCUT2D eigenvalue weighted by atomic mass is 9.83. The molecule has 1 heterocycles. The molecule has 2 aromatic rings. The van der Waals surface area contributed by atoms with Gasteiger partial charge in [-0.3, -0.25) is 4.79 Å². The Bertz CT molecular complexity index is 762. The largest absolute Gasteiger partial charge is 0.487 e. The van der Waals surface area contributed by atoms with Gasteiger partial charge in [0, 0.05) is 18.4 Å². The van der Waals surface area contributed by atoms with Crippen LogP contribution in [-0.2, 0) is 17.6 Å². The van der Waals surface area contributed by atoms with Crippen molar-refractivity contribution < 1.29 is 9.53 Å². The van der Waals surface area contributed by atoms with Gasteiger partial charge in [-0.15, -0.1) is 0 Å². The minimum Gasteiger partial charge on any atom is -0.487 e. The molecule has 1 aliphatic rings. The maximum absolute atomic E-state index is 12.7. The lowest BCUT2D eigenvalue weighted by Crippen LogP contribution is -2.44. The van der Waals surface area contributed by atoms with Gasteiger partial charge < -0.3 is 10.1 Å². The van der Waals surface area contributed by atoms with Crippen molar-refractivity contribution in [2.24, 2.45) is 0 Å². The number of aryl methyl sites for hydroxylation is 2. The third-order valence-corrected chi connectivity index (χ3v) is 5.89. The molecule has 1 atom stereocenters. The molecule has 0 unspecified atom stereocenters.